The van der Waals surface area contributed by atoms with Crippen molar-refractivity contribution in [2.24, 2.45) is 0 Å². The average Bonchev–Trinajstić information content (AvgIpc) is 2.83. The van der Waals surface area contributed by atoms with Gasteiger partial charge in [0.05, 0.1) is 0 Å². The molecule has 2 atom stereocenters. The lowest BCUT2D eigenvalue weighted by atomic mass is 9.97. The summed E-state index contributed by atoms with van der Waals surface area (Å²) >= 11 is 0. The second-order valence-electron chi connectivity index (χ2n) is 8.62. The largest absolute Gasteiger partial charge is 0.298 e. The van der Waals surface area contributed by atoms with Crippen LogP contribution in [0, 0.1) is 13.8 Å². The monoisotopic (exact) mass is 348 g/mol. The van der Waals surface area contributed by atoms with Crippen LogP contribution in [-0.4, -0.2) is 41.0 Å². The van der Waals surface area contributed by atoms with Gasteiger partial charge in [-0.25, -0.2) is 0 Å². The van der Waals surface area contributed by atoms with E-state index in [0.717, 1.165) is 18.6 Å². The summed E-state index contributed by atoms with van der Waals surface area (Å²) in [6, 6.07) is 18.1. The van der Waals surface area contributed by atoms with Crippen LogP contribution in [0.2, 0.25) is 0 Å². The van der Waals surface area contributed by atoms with Gasteiger partial charge in [-0.3, -0.25) is 9.80 Å². The van der Waals surface area contributed by atoms with E-state index in [-0.39, 0.29) is 0 Å². The van der Waals surface area contributed by atoms with Crippen molar-refractivity contribution < 1.29 is 0 Å². The van der Waals surface area contributed by atoms with E-state index in [1.807, 2.05) is 0 Å². The molecule has 0 amide bonds. The number of benzene rings is 2. The molecule has 0 radical (unpaired) electrons. The van der Waals surface area contributed by atoms with Crippen molar-refractivity contribution >= 4 is 0 Å². The second kappa shape index (κ2) is 7.17. The normalized spacial score (nSPS) is 23.7. The third-order valence-electron chi connectivity index (χ3n) is 6.38. The van der Waals surface area contributed by atoms with Crippen molar-refractivity contribution in [2.45, 2.75) is 65.2 Å². The van der Waals surface area contributed by atoms with E-state index in [1.54, 1.807) is 0 Å². The fourth-order valence-electron chi connectivity index (χ4n) is 4.89. The zero-order chi connectivity index (χ0) is 18.3. The van der Waals surface area contributed by atoms with Gasteiger partial charge in [-0.15, -0.1) is 0 Å². The molecule has 2 nitrogen and oxygen atoms in total. The number of hydrogen-bond acceptors (Lipinski definition) is 2. The van der Waals surface area contributed by atoms with Crippen molar-refractivity contribution in [3.8, 4) is 11.1 Å². The molecule has 0 saturated carbocycles. The van der Waals surface area contributed by atoms with Crippen LogP contribution in [0.1, 0.15) is 43.4 Å². The van der Waals surface area contributed by atoms with Crippen LogP contribution in [0.3, 0.4) is 0 Å². The van der Waals surface area contributed by atoms with E-state index in [2.05, 4.69) is 80.0 Å². The smallest absolute Gasteiger partial charge is 0.0240 e. The third-order valence-corrected chi connectivity index (χ3v) is 6.38. The fourth-order valence-corrected chi connectivity index (χ4v) is 4.89. The molecule has 0 N–H and O–H groups in total. The van der Waals surface area contributed by atoms with E-state index in [9.17, 15) is 0 Å². The Bertz CT molecular complexity index is 766. The van der Waals surface area contributed by atoms with Gasteiger partial charge in [0.1, 0.15) is 0 Å². The summed E-state index contributed by atoms with van der Waals surface area (Å²) in [5.41, 5.74) is 6.88. The molecule has 26 heavy (non-hydrogen) atoms. The molecule has 4 rings (SSSR count). The molecule has 2 heteroatoms. The van der Waals surface area contributed by atoms with Gasteiger partial charge < -0.3 is 0 Å². The zero-order valence-electron chi connectivity index (χ0n) is 16.7. The molecular weight excluding hydrogens is 316 g/mol. The maximum atomic E-state index is 2.78. The standard InChI is InChI=1S/C24H32N2/c1-17(2)25-15-22-9-10-23(16-25)26(22)14-20-6-5-7-21(13-20)24-11-8-18(3)12-19(24)4/h5-8,11-13,17,22-23H,9-10,14-16H2,1-4H3. The minimum atomic E-state index is 0.674. The highest BCUT2D eigenvalue weighted by Crippen LogP contribution is 2.33. The van der Waals surface area contributed by atoms with Gasteiger partial charge in [0.25, 0.3) is 0 Å². The minimum absolute atomic E-state index is 0.674. The molecule has 138 valence electrons. The Morgan fingerprint density at radius 1 is 0.962 bits per heavy atom. The Morgan fingerprint density at radius 2 is 1.69 bits per heavy atom. The van der Waals surface area contributed by atoms with Crippen molar-refractivity contribution in [1.82, 2.24) is 9.80 Å². The predicted octanol–water partition coefficient (Wildman–Crippen LogP) is 5.03. The van der Waals surface area contributed by atoms with Crippen LogP contribution in [0.5, 0.6) is 0 Å². The Kier molecular flexibility index (Phi) is 4.90. The highest BCUT2D eigenvalue weighted by molar-refractivity contribution is 5.68. The first-order valence-corrected chi connectivity index (χ1v) is 10.2. The Morgan fingerprint density at radius 3 is 2.35 bits per heavy atom. The summed E-state index contributed by atoms with van der Waals surface area (Å²) < 4.78 is 0. The van der Waals surface area contributed by atoms with Crippen LogP contribution < -0.4 is 0 Å². The summed E-state index contributed by atoms with van der Waals surface area (Å²) in [6.45, 7) is 12.6. The molecule has 2 aliphatic rings. The maximum Gasteiger partial charge on any atom is 0.0240 e. The number of likely N-dealkylation sites (tertiary alicyclic amines) is 1. The fraction of sp³-hybridized carbons (Fsp3) is 0.500. The number of fused-ring (bicyclic) bond motifs is 2. The minimum Gasteiger partial charge on any atom is -0.298 e. The molecule has 2 aromatic rings. The molecule has 2 unspecified atom stereocenters. The molecular formula is C24H32N2. The first-order chi connectivity index (χ1) is 12.5. The van der Waals surface area contributed by atoms with Crippen molar-refractivity contribution in [1.29, 1.82) is 0 Å². The Labute approximate surface area is 158 Å². The van der Waals surface area contributed by atoms with E-state index >= 15 is 0 Å². The first-order valence-electron chi connectivity index (χ1n) is 10.2. The van der Waals surface area contributed by atoms with Gasteiger partial charge in [0.15, 0.2) is 0 Å². The lowest BCUT2D eigenvalue weighted by Crippen LogP contribution is -2.54. The van der Waals surface area contributed by atoms with Crippen LogP contribution in [0.4, 0.5) is 0 Å². The zero-order valence-corrected chi connectivity index (χ0v) is 16.7. The van der Waals surface area contributed by atoms with Gasteiger partial charge in [-0.2, -0.15) is 0 Å². The topological polar surface area (TPSA) is 6.48 Å². The van der Waals surface area contributed by atoms with Crippen molar-refractivity contribution in [3.63, 3.8) is 0 Å². The predicted molar refractivity (Wildman–Crippen MR) is 110 cm³/mol. The summed E-state index contributed by atoms with van der Waals surface area (Å²) in [4.78, 5) is 5.45. The number of nitrogens with zero attached hydrogens (tertiary/aromatic N) is 2. The first kappa shape index (κ1) is 17.8. The molecule has 2 saturated heterocycles. The molecule has 2 aromatic carbocycles. The summed E-state index contributed by atoms with van der Waals surface area (Å²) in [6.07, 6.45) is 2.73. The summed E-state index contributed by atoms with van der Waals surface area (Å²) in [5.74, 6) is 0. The van der Waals surface area contributed by atoms with Gasteiger partial charge in [-0.05, 0) is 68.9 Å². The van der Waals surface area contributed by atoms with Gasteiger partial charge in [0, 0.05) is 37.8 Å². The number of rotatable bonds is 4. The van der Waals surface area contributed by atoms with E-state index in [4.69, 9.17) is 0 Å². The quantitative estimate of drug-likeness (QED) is 0.765. The summed E-state index contributed by atoms with van der Waals surface area (Å²) in [5, 5.41) is 0. The summed E-state index contributed by atoms with van der Waals surface area (Å²) in [7, 11) is 0. The van der Waals surface area contributed by atoms with Gasteiger partial charge in [-0.1, -0.05) is 42.0 Å². The number of aryl methyl sites for hydroxylation is 2. The molecule has 0 aliphatic carbocycles. The lowest BCUT2D eigenvalue weighted by Gasteiger charge is -2.43. The third kappa shape index (κ3) is 3.45. The van der Waals surface area contributed by atoms with E-state index in [0.29, 0.717) is 6.04 Å². The molecule has 2 aliphatic heterocycles. The highest BCUT2D eigenvalue weighted by Gasteiger charge is 2.40. The van der Waals surface area contributed by atoms with E-state index in [1.165, 1.54) is 53.7 Å². The van der Waals surface area contributed by atoms with Crippen LogP contribution in [0.25, 0.3) is 11.1 Å². The average molecular weight is 349 g/mol. The van der Waals surface area contributed by atoms with Gasteiger partial charge in [0.2, 0.25) is 0 Å². The van der Waals surface area contributed by atoms with Crippen LogP contribution >= 0.6 is 0 Å². The molecule has 0 aromatic heterocycles. The molecule has 2 heterocycles. The Hall–Kier alpha value is -1.64. The molecule has 2 bridgehead atoms. The second-order valence-corrected chi connectivity index (χ2v) is 8.62. The molecule has 2 fully saturated rings. The van der Waals surface area contributed by atoms with E-state index < -0.39 is 0 Å². The Balaban J connectivity index is 1.53. The van der Waals surface area contributed by atoms with Crippen LogP contribution in [-0.2, 0) is 6.54 Å². The van der Waals surface area contributed by atoms with Crippen LogP contribution in [0.15, 0.2) is 42.5 Å². The maximum absolute atomic E-state index is 2.78. The number of piperazine rings is 1. The SMILES string of the molecule is Cc1ccc(-c2cccc(CN3C4CCC3CN(C(C)C)C4)c2)c(C)c1. The highest BCUT2D eigenvalue weighted by atomic mass is 15.3. The van der Waals surface area contributed by atoms with Gasteiger partial charge >= 0.3 is 0 Å². The van der Waals surface area contributed by atoms with Crippen molar-refractivity contribution in [2.75, 3.05) is 13.1 Å². The molecule has 0 spiro atoms. The van der Waals surface area contributed by atoms with Crippen molar-refractivity contribution in [3.05, 3.63) is 59.2 Å². The number of hydrogen-bond donors (Lipinski definition) is 0. The lowest BCUT2D eigenvalue weighted by molar-refractivity contribution is 0.0442.